The number of carbonyl (C=O) groups excluding carboxylic acids is 1. The number of rotatable bonds is 4. The van der Waals surface area contributed by atoms with Gasteiger partial charge in [-0.25, -0.2) is 4.39 Å². The molecule has 0 radical (unpaired) electrons. The summed E-state index contributed by atoms with van der Waals surface area (Å²) in [7, 11) is 0. The first kappa shape index (κ1) is 18.2. The van der Waals surface area contributed by atoms with E-state index in [-0.39, 0.29) is 17.5 Å². The van der Waals surface area contributed by atoms with Crippen LogP contribution in [0.25, 0.3) is 5.57 Å². The van der Waals surface area contributed by atoms with Crippen molar-refractivity contribution in [1.82, 2.24) is 0 Å². The van der Waals surface area contributed by atoms with Crippen LogP contribution >= 0.6 is 0 Å². The van der Waals surface area contributed by atoms with E-state index in [4.69, 9.17) is 5.41 Å². The Morgan fingerprint density at radius 2 is 1.92 bits per heavy atom. The molecule has 2 aromatic carbocycles. The Bertz CT molecular complexity index is 910. The zero-order valence-electron chi connectivity index (χ0n) is 15.5. The van der Waals surface area contributed by atoms with Crippen molar-refractivity contribution in [3.8, 4) is 0 Å². The maximum Gasteiger partial charge on any atom is 0.164 e. The largest absolute Gasteiger partial charge is 0.300 e. The van der Waals surface area contributed by atoms with Gasteiger partial charge in [0, 0.05) is 17.6 Å². The number of hydrogen-bond donors (Lipinski definition) is 1. The number of halogens is 1. The summed E-state index contributed by atoms with van der Waals surface area (Å²) in [5.74, 6) is -0.207. The van der Waals surface area contributed by atoms with Crippen LogP contribution < -0.4 is 0 Å². The van der Waals surface area contributed by atoms with Gasteiger partial charge in [0.2, 0.25) is 0 Å². The normalized spacial score (nSPS) is 18.5. The molecule has 0 saturated carbocycles. The summed E-state index contributed by atoms with van der Waals surface area (Å²) in [6.07, 6.45) is 1.82. The molecular weight excluding hydrogens is 325 g/mol. The molecule has 0 fully saturated rings. The molecule has 2 nitrogen and oxygen atoms in total. The number of hydrogen-bond acceptors (Lipinski definition) is 2. The Labute approximate surface area is 154 Å². The summed E-state index contributed by atoms with van der Waals surface area (Å²) in [5.41, 5.74) is 5.10. The van der Waals surface area contributed by atoms with Crippen molar-refractivity contribution in [3.05, 3.63) is 76.1 Å². The fourth-order valence-corrected chi connectivity index (χ4v) is 3.88. The van der Waals surface area contributed by atoms with Crippen molar-refractivity contribution < 1.29 is 9.18 Å². The zero-order chi connectivity index (χ0) is 18.8. The van der Waals surface area contributed by atoms with E-state index < -0.39 is 0 Å². The lowest BCUT2D eigenvalue weighted by molar-refractivity contribution is -0.114. The van der Waals surface area contributed by atoms with Gasteiger partial charge in [0.05, 0.1) is 5.71 Å². The number of carbonyl (C=O) groups is 1. The molecule has 3 heteroatoms. The summed E-state index contributed by atoms with van der Waals surface area (Å²) >= 11 is 0. The van der Waals surface area contributed by atoms with Crippen molar-refractivity contribution >= 4 is 17.1 Å². The topological polar surface area (TPSA) is 40.9 Å². The van der Waals surface area contributed by atoms with Crippen LogP contribution in [0.5, 0.6) is 0 Å². The van der Waals surface area contributed by atoms with Gasteiger partial charge in [-0.15, -0.1) is 0 Å². The van der Waals surface area contributed by atoms with Crippen LogP contribution in [-0.2, 0) is 4.79 Å². The molecule has 1 unspecified atom stereocenters. The van der Waals surface area contributed by atoms with E-state index in [0.717, 1.165) is 23.1 Å². The Hall–Kier alpha value is -2.55. The third-order valence-corrected chi connectivity index (χ3v) is 5.30. The second-order valence-electron chi connectivity index (χ2n) is 6.86. The predicted molar refractivity (Wildman–Crippen MR) is 104 cm³/mol. The monoisotopic (exact) mass is 349 g/mol. The first-order valence-corrected chi connectivity index (χ1v) is 9.18. The number of Topliss-reactive ketones (excluding diaryl/α,β-unsaturated/α-hetero) is 1. The zero-order valence-corrected chi connectivity index (χ0v) is 15.5. The van der Waals surface area contributed by atoms with E-state index in [9.17, 15) is 9.18 Å². The fraction of sp³-hybridized carbons (Fsp3) is 0.304. The molecule has 0 spiro atoms. The van der Waals surface area contributed by atoms with Gasteiger partial charge in [-0.05, 0) is 60.1 Å². The summed E-state index contributed by atoms with van der Waals surface area (Å²) < 4.78 is 14.0. The molecule has 3 rings (SSSR count). The Morgan fingerprint density at radius 1 is 1.19 bits per heavy atom. The van der Waals surface area contributed by atoms with Crippen LogP contribution in [0.15, 0.2) is 48.0 Å². The highest BCUT2D eigenvalue weighted by atomic mass is 19.1. The minimum absolute atomic E-state index is 0.0186. The molecule has 0 bridgehead atoms. The number of benzene rings is 2. The van der Waals surface area contributed by atoms with Crippen molar-refractivity contribution in [1.29, 1.82) is 5.41 Å². The highest BCUT2D eigenvalue weighted by Crippen LogP contribution is 2.40. The van der Waals surface area contributed by atoms with Gasteiger partial charge in [0.25, 0.3) is 0 Å². The average molecular weight is 349 g/mol. The van der Waals surface area contributed by atoms with E-state index in [2.05, 4.69) is 6.92 Å². The van der Waals surface area contributed by atoms with Crippen LogP contribution in [0.2, 0.25) is 0 Å². The van der Waals surface area contributed by atoms with Crippen molar-refractivity contribution in [2.75, 3.05) is 0 Å². The van der Waals surface area contributed by atoms with Crippen molar-refractivity contribution in [2.24, 2.45) is 0 Å². The first-order valence-electron chi connectivity index (χ1n) is 9.18. The molecule has 134 valence electrons. The lowest BCUT2D eigenvalue weighted by atomic mass is 9.75. The number of ketones is 1. The van der Waals surface area contributed by atoms with Crippen molar-refractivity contribution in [3.63, 3.8) is 0 Å². The lowest BCUT2D eigenvalue weighted by Crippen LogP contribution is -2.21. The van der Waals surface area contributed by atoms with Crippen LogP contribution in [0.3, 0.4) is 0 Å². The molecule has 0 saturated heterocycles. The van der Waals surface area contributed by atoms with Gasteiger partial charge in [-0.2, -0.15) is 0 Å². The number of fused-ring (bicyclic) bond motifs is 1. The van der Waals surface area contributed by atoms with Crippen LogP contribution in [0.1, 0.15) is 61.3 Å². The van der Waals surface area contributed by atoms with Gasteiger partial charge >= 0.3 is 0 Å². The lowest BCUT2D eigenvalue weighted by Gasteiger charge is -2.28. The van der Waals surface area contributed by atoms with E-state index in [1.165, 1.54) is 12.1 Å². The number of allylic oxidation sites excluding steroid dienone is 2. The second-order valence-corrected chi connectivity index (χ2v) is 6.86. The minimum atomic E-state index is -0.344. The van der Waals surface area contributed by atoms with Crippen LogP contribution in [-0.4, -0.2) is 11.5 Å². The molecule has 1 atom stereocenters. The number of aryl methyl sites for hydroxylation is 1. The van der Waals surface area contributed by atoms with E-state index in [1.54, 1.807) is 6.07 Å². The standard InChI is InChI=1S/C23H24FNO/c1-4-15-12-21(26)22(20-13-16(24)10-11-19(15)20)17(5-2)23(25)18-9-7-6-8-14(18)3/h6-11,13,15,25H,4-5,12H2,1-3H3/b22-17+,25-23?. The van der Waals surface area contributed by atoms with Crippen LogP contribution in [0.4, 0.5) is 4.39 Å². The van der Waals surface area contributed by atoms with Crippen molar-refractivity contribution in [2.45, 2.75) is 46.0 Å². The van der Waals surface area contributed by atoms with E-state index >= 15 is 0 Å². The van der Waals surface area contributed by atoms with Crippen LogP contribution in [0, 0.1) is 18.2 Å². The molecule has 26 heavy (non-hydrogen) atoms. The third kappa shape index (κ3) is 3.14. The van der Waals surface area contributed by atoms with E-state index in [0.29, 0.717) is 35.3 Å². The molecular formula is C23H24FNO. The SMILES string of the molecule is CC/C(C(=N)c1ccccc1C)=C1\C(=O)CC(CC)c2ccc(F)cc21. The Kier molecular flexibility index (Phi) is 5.17. The molecule has 1 N–H and O–H groups in total. The van der Waals surface area contributed by atoms with Gasteiger partial charge in [0.1, 0.15) is 5.82 Å². The third-order valence-electron chi connectivity index (χ3n) is 5.30. The van der Waals surface area contributed by atoms with E-state index in [1.807, 2.05) is 38.1 Å². The molecule has 0 aliphatic heterocycles. The molecule has 2 aromatic rings. The average Bonchev–Trinajstić information content (AvgIpc) is 2.63. The maximum atomic E-state index is 14.0. The summed E-state index contributed by atoms with van der Waals surface area (Å²) in [5, 5.41) is 8.74. The Balaban J connectivity index is 2.24. The highest BCUT2D eigenvalue weighted by molar-refractivity contribution is 6.31. The van der Waals surface area contributed by atoms with Gasteiger partial charge < -0.3 is 0 Å². The van der Waals surface area contributed by atoms with Gasteiger partial charge in [-0.3, -0.25) is 10.2 Å². The maximum absolute atomic E-state index is 14.0. The highest BCUT2D eigenvalue weighted by Gasteiger charge is 2.31. The van der Waals surface area contributed by atoms with Gasteiger partial charge in [0.15, 0.2) is 5.78 Å². The quantitative estimate of drug-likeness (QED) is 0.547. The smallest absolute Gasteiger partial charge is 0.164 e. The summed E-state index contributed by atoms with van der Waals surface area (Å²) in [6.45, 7) is 5.97. The molecule has 1 aliphatic carbocycles. The predicted octanol–water partition coefficient (Wildman–Crippen LogP) is 5.83. The second kappa shape index (κ2) is 7.36. The molecule has 1 aliphatic rings. The summed E-state index contributed by atoms with van der Waals surface area (Å²) in [4.78, 5) is 13.0. The number of nitrogens with one attached hydrogen (secondary N) is 1. The minimum Gasteiger partial charge on any atom is -0.300 e. The molecule has 0 amide bonds. The summed E-state index contributed by atoms with van der Waals surface area (Å²) in [6, 6.07) is 12.4. The molecule has 0 aromatic heterocycles. The van der Waals surface area contributed by atoms with Gasteiger partial charge in [-0.1, -0.05) is 44.2 Å². The molecule has 0 heterocycles. The Morgan fingerprint density at radius 3 is 2.58 bits per heavy atom. The fourth-order valence-electron chi connectivity index (χ4n) is 3.88. The first-order chi connectivity index (χ1) is 12.5.